The van der Waals surface area contributed by atoms with Gasteiger partial charge in [0.25, 0.3) is 5.91 Å². The molecular formula is C6H8N2OS. The van der Waals surface area contributed by atoms with Gasteiger partial charge in [-0.05, 0) is 6.42 Å². The monoisotopic (exact) mass is 156 g/mol. The Balaban J connectivity index is 2.58. The predicted octanol–water partition coefficient (Wildman–Crippen LogP) is 0.642. The molecule has 0 aromatic rings. The second-order valence-electron chi connectivity index (χ2n) is 2.07. The lowest BCUT2D eigenvalue weighted by Gasteiger charge is -1.93. The van der Waals surface area contributed by atoms with Crippen LogP contribution in [0.1, 0.15) is 19.8 Å². The normalized spacial score (nSPS) is 17.1. The second kappa shape index (κ2) is 2.88. The summed E-state index contributed by atoms with van der Waals surface area (Å²) in [4.78, 5) is 14.7. The average molecular weight is 156 g/mol. The fraction of sp³-hybridized carbons (Fsp3) is 0.500. The van der Waals surface area contributed by atoms with Gasteiger partial charge in [0.2, 0.25) is 0 Å². The Labute approximate surface area is 64.5 Å². The van der Waals surface area contributed by atoms with Crippen LogP contribution in [0.4, 0.5) is 0 Å². The van der Waals surface area contributed by atoms with E-state index in [1.54, 1.807) is 0 Å². The third kappa shape index (κ3) is 1.39. The van der Waals surface area contributed by atoms with Gasteiger partial charge in [-0.3, -0.25) is 4.79 Å². The van der Waals surface area contributed by atoms with Crippen molar-refractivity contribution in [3.05, 3.63) is 0 Å². The van der Waals surface area contributed by atoms with Crippen LogP contribution < -0.4 is 5.32 Å². The van der Waals surface area contributed by atoms with Gasteiger partial charge in [-0.15, -0.1) is 0 Å². The van der Waals surface area contributed by atoms with Gasteiger partial charge in [-0.2, -0.15) is 0 Å². The summed E-state index contributed by atoms with van der Waals surface area (Å²) in [6.45, 7) is 2.02. The van der Waals surface area contributed by atoms with Crippen LogP contribution in [0, 0.1) is 0 Å². The van der Waals surface area contributed by atoms with Crippen molar-refractivity contribution in [1.82, 2.24) is 5.32 Å². The standard InChI is InChI=1S/C6H8N2OS/c1-2-3-4-7-5(9)6(10)8-4/h2-3H2,1H3,(H,7,8,9,10). The van der Waals surface area contributed by atoms with Gasteiger partial charge in [0.15, 0.2) is 4.99 Å². The van der Waals surface area contributed by atoms with E-state index in [4.69, 9.17) is 0 Å². The predicted molar refractivity (Wildman–Crippen MR) is 43.1 cm³/mol. The lowest BCUT2D eigenvalue weighted by molar-refractivity contribution is -0.113. The first-order valence-electron chi connectivity index (χ1n) is 3.17. The minimum atomic E-state index is -0.238. The molecule has 10 heavy (non-hydrogen) atoms. The van der Waals surface area contributed by atoms with Crippen LogP contribution in [-0.4, -0.2) is 16.7 Å². The number of rotatable bonds is 2. The van der Waals surface area contributed by atoms with Crippen LogP contribution in [0.5, 0.6) is 0 Å². The van der Waals surface area contributed by atoms with Gasteiger partial charge < -0.3 is 5.32 Å². The lowest BCUT2D eigenvalue weighted by atomic mass is 10.3. The molecule has 0 saturated heterocycles. The smallest absolute Gasteiger partial charge is 0.286 e. The van der Waals surface area contributed by atoms with Crippen LogP contribution in [0.2, 0.25) is 0 Å². The molecule has 0 aromatic heterocycles. The number of hydrogen-bond acceptors (Lipinski definition) is 2. The molecule has 1 rings (SSSR count). The summed E-state index contributed by atoms with van der Waals surface area (Å²) in [5.41, 5.74) is 0. The number of hydrogen-bond donors (Lipinski definition) is 1. The van der Waals surface area contributed by atoms with Crippen molar-refractivity contribution >= 4 is 28.9 Å². The summed E-state index contributed by atoms with van der Waals surface area (Å²) in [5, 5.41) is 2.57. The number of nitrogens with zero attached hydrogens (tertiary/aromatic N) is 1. The van der Waals surface area contributed by atoms with Crippen molar-refractivity contribution in [2.24, 2.45) is 4.99 Å². The molecule has 0 radical (unpaired) electrons. The van der Waals surface area contributed by atoms with E-state index in [-0.39, 0.29) is 10.9 Å². The van der Waals surface area contributed by atoms with Crippen molar-refractivity contribution in [3.8, 4) is 0 Å². The van der Waals surface area contributed by atoms with Gasteiger partial charge in [0.1, 0.15) is 5.84 Å². The maximum atomic E-state index is 10.7. The topological polar surface area (TPSA) is 41.5 Å². The van der Waals surface area contributed by atoms with Gasteiger partial charge in [0, 0.05) is 6.42 Å². The zero-order chi connectivity index (χ0) is 7.56. The molecule has 0 atom stereocenters. The van der Waals surface area contributed by atoms with Crippen molar-refractivity contribution in [3.63, 3.8) is 0 Å². The quantitative estimate of drug-likeness (QED) is 0.596. The van der Waals surface area contributed by atoms with Crippen molar-refractivity contribution < 1.29 is 4.79 Å². The zero-order valence-corrected chi connectivity index (χ0v) is 6.49. The third-order valence-electron chi connectivity index (χ3n) is 1.18. The molecule has 0 bridgehead atoms. The van der Waals surface area contributed by atoms with Gasteiger partial charge >= 0.3 is 0 Å². The minimum Gasteiger partial charge on any atom is -0.308 e. The van der Waals surface area contributed by atoms with E-state index >= 15 is 0 Å². The largest absolute Gasteiger partial charge is 0.308 e. The molecule has 1 aliphatic rings. The van der Waals surface area contributed by atoms with Crippen LogP contribution in [0.15, 0.2) is 4.99 Å². The van der Waals surface area contributed by atoms with Crippen molar-refractivity contribution in [2.45, 2.75) is 19.8 Å². The number of carbonyl (C=O) groups is 1. The van der Waals surface area contributed by atoms with Crippen LogP contribution in [0.25, 0.3) is 0 Å². The molecule has 1 aliphatic heterocycles. The summed E-state index contributed by atoms with van der Waals surface area (Å²) in [5.74, 6) is 0.468. The van der Waals surface area contributed by atoms with E-state index < -0.39 is 0 Å². The van der Waals surface area contributed by atoms with Crippen molar-refractivity contribution in [1.29, 1.82) is 0 Å². The molecule has 0 unspecified atom stereocenters. The number of thiocarbonyl (C=S) groups is 1. The number of amides is 1. The first-order valence-corrected chi connectivity index (χ1v) is 3.57. The molecule has 1 amide bonds. The molecule has 1 heterocycles. The molecule has 0 fully saturated rings. The van der Waals surface area contributed by atoms with Crippen LogP contribution in [-0.2, 0) is 4.79 Å². The van der Waals surface area contributed by atoms with Gasteiger partial charge in [0.05, 0.1) is 0 Å². The SMILES string of the molecule is CCCC1=NC(=S)C(=O)N1. The summed E-state index contributed by atoms with van der Waals surface area (Å²) in [6.07, 6.45) is 1.77. The fourth-order valence-corrected chi connectivity index (χ4v) is 0.902. The number of nitrogens with one attached hydrogen (secondary N) is 1. The summed E-state index contributed by atoms with van der Waals surface area (Å²) in [7, 11) is 0. The Hall–Kier alpha value is -0.770. The van der Waals surface area contributed by atoms with E-state index in [2.05, 4.69) is 22.5 Å². The Morgan fingerprint density at radius 1 is 1.70 bits per heavy atom. The Kier molecular flexibility index (Phi) is 2.11. The minimum absolute atomic E-state index is 0.156. The number of amidine groups is 1. The van der Waals surface area contributed by atoms with E-state index in [1.165, 1.54) is 0 Å². The Morgan fingerprint density at radius 3 is 2.80 bits per heavy atom. The number of carbonyl (C=O) groups excluding carboxylic acids is 1. The molecule has 0 saturated carbocycles. The average Bonchev–Trinajstić information content (AvgIpc) is 2.14. The number of aliphatic imine (C=N–C) groups is 1. The third-order valence-corrected chi connectivity index (χ3v) is 1.45. The van der Waals surface area contributed by atoms with Crippen LogP contribution >= 0.6 is 12.2 Å². The first-order chi connectivity index (χ1) is 4.74. The molecule has 1 N–H and O–H groups in total. The lowest BCUT2D eigenvalue weighted by Crippen LogP contribution is -2.25. The van der Waals surface area contributed by atoms with Gasteiger partial charge in [-0.1, -0.05) is 19.1 Å². The fourth-order valence-electron chi connectivity index (χ4n) is 0.741. The summed E-state index contributed by atoms with van der Waals surface area (Å²) in [6, 6.07) is 0. The highest BCUT2D eigenvalue weighted by Gasteiger charge is 2.17. The highest BCUT2D eigenvalue weighted by Crippen LogP contribution is 1.98. The molecular weight excluding hydrogens is 148 g/mol. The van der Waals surface area contributed by atoms with E-state index in [0.717, 1.165) is 12.8 Å². The van der Waals surface area contributed by atoms with E-state index in [0.29, 0.717) is 5.84 Å². The van der Waals surface area contributed by atoms with Crippen LogP contribution in [0.3, 0.4) is 0 Å². The zero-order valence-electron chi connectivity index (χ0n) is 5.68. The van der Waals surface area contributed by atoms with E-state index in [9.17, 15) is 4.79 Å². The second-order valence-corrected chi connectivity index (χ2v) is 2.45. The summed E-state index contributed by atoms with van der Waals surface area (Å²) < 4.78 is 0. The highest BCUT2D eigenvalue weighted by molar-refractivity contribution is 7.82. The molecule has 0 aromatic carbocycles. The molecule has 0 spiro atoms. The molecule has 4 heteroatoms. The van der Waals surface area contributed by atoms with E-state index in [1.807, 2.05) is 6.92 Å². The first kappa shape index (κ1) is 7.34. The highest BCUT2D eigenvalue weighted by atomic mass is 32.1. The molecule has 54 valence electrons. The molecule has 0 aliphatic carbocycles. The maximum Gasteiger partial charge on any atom is 0.286 e. The van der Waals surface area contributed by atoms with Gasteiger partial charge in [-0.25, -0.2) is 4.99 Å². The Morgan fingerprint density at radius 2 is 2.40 bits per heavy atom. The molecule has 3 nitrogen and oxygen atoms in total. The van der Waals surface area contributed by atoms with Crippen molar-refractivity contribution in [2.75, 3.05) is 0 Å². The Bertz CT molecular complexity index is 210. The summed E-state index contributed by atoms with van der Waals surface area (Å²) >= 11 is 4.63. The maximum absolute atomic E-state index is 10.7.